The van der Waals surface area contributed by atoms with Crippen molar-refractivity contribution in [2.24, 2.45) is 0 Å². The number of hydrogen-bond donors (Lipinski definition) is 1. The van der Waals surface area contributed by atoms with Gasteiger partial charge in [-0.1, -0.05) is 0 Å². The Morgan fingerprint density at radius 3 is 1.93 bits per heavy atom. The maximum absolute atomic E-state index is 9.83. The second-order valence-corrected chi connectivity index (χ2v) is 6.56. The Kier molecular flexibility index (Phi) is 3.07. The predicted molar refractivity (Wildman–Crippen MR) is 55.4 cm³/mol. The molecule has 2 aliphatic carbocycles. The van der Waals surface area contributed by atoms with E-state index in [4.69, 9.17) is 0 Å². The Morgan fingerprint density at radius 1 is 1.14 bits per heavy atom. The van der Waals surface area contributed by atoms with Gasteiger partial charge < -0.3 is 0 Å². The summed E-state index contributed by atoms with van der Waals surface area (Å²) in [6.45, 7) is 1.92. The van der Waals surface area contributed by atoms with Gasteiger partial charge in [-0.05, 0) is 0 Å². The normalized spacial score (nSPS) is 22.3. The first-order valence-electron chi connectivity index (χ1n) is 4.83. The van der Waals surface area contributed by atoms with Crippen LogP contribution < -0.4 is 0 Å². The molecule has 77 valence electrons. The first-order chi connectivity index (χ1) is 6.79. The van der Waals surface area contributed by atoms with E-state index in [9.17, 15) is 5.11 Å². The molecule has 2 heteroatoms. The van der Waals surface area contributed by atoms with Crippen LogP contribution >= 0.6 is 0 Å². The molecule has 0 bridgehead atoms. The molecule has 0 aliphatic heterocycles. The van der Waals surface area contributed by atoms with Crippen LogP contribution in [0.2, 0.25) is 0 Å². The summed E-state index contributed by atoms with van der Waals surface area (Å²) in [5, 5.41) is 9.63. The summed E-state index contributed by atoms with van der Waals surface area (Å²) in [4.78, 5) is 0. The van der Waals surface area contributed by atoms with Crippen molar-refractivity contribution in [3.05, 3.63) is 45.4 Å². The molecule has 0 aromatic heterocycles. The Labute approximate surface area is 89.4 Å². The average Bonchev–Trinajstić information content (AvgIpc) is 2.75. The van der Waals surface area contributed by atoms with Crippen LogP contribution in [0, 0.1) is 0 Å². The Morgan fingerprint density at radius 2 is 1.64 bits per heavy atom. The van der Waals surface area contributed by atoms with Crippen molar-refractivity contribution in [3.63, 3.8) is 0 Å². The number of hydrogen-bond acceptors (Lipinski definition) is 1. The van der Waals surface area contributed by atoms with E-state index < -0.39 is 13.9 Å². The summed E-state index contributed by atoms with van der Waals surface area (Å²) in [6, 6.07) is 0. The SMILES string of the molecule is C[CH](O)[Fe]([C]1=CC=CC1)[C]1=CC=CC1. The van der Waals surface area contributed by atoms with Crippen molar-refractivity contribution < 1.29 is 19.0 Å². The molecule has 0 radical (unpaired) electrons. The molecule has 1 atom stereocenters. The molecular formula is C12H15FeO. The topological polar surface area (TPSA) is 20.2 Å². The van der Waals surface area contributed by atoms with Gasteiger partial charge in [0.1, 0.15) is 0 Å². The molecule has 0 heterocycles. The fraction of sp³-hybridized carbons (Fsp3) is 0.333. The Hall–Kier alpha value is -0.561. The molecule has 1 N–H and O–H groups in total. The van der Waals surface area contributed by atoms with Crippen LogP contribution in [0.3, 0.4) is 0 Å². The molecule has 0 saturated carbocycles. The van der Waals surface area contributed by atoms with Crippen LogP contribution in [-0.4, -0.2) is 10.1 Å². The molecule has 0 spiro atoms. The van der Waals surface area contributed by atoms with E-state index in [-0.39, 0.29) is 5.00 Å². The van der Waals surface area contributed by atoms with Gasteiger partial charge in [0.15, 0.2) is 0 Å². The number of allylic oxidation sites excluding steroid dienone is 8. The maximum atomic E-state index is 9.83. The second-order valence-electron chi connectivity index (χ2n) is 3.31. The minimum atomic E-state index is -0.667. The average molecular weight is 231 g/mol. The van der Waals surface area contributed by atoms with E-state index in [2.05, 4.69) is 36.5 Å². The van der Waals surface area contributed by atoms with Crippen molar-refractivity contribution in [3.8, 4) is 0 Å². The quantitative estimate of drug-likeness (QED) is 0.740. The van der Waals surface area contributed by atoms with E-state index in [0.29, 0.717) is 0 Å². The molecule has 1 unspecified atom stereocenters. The molecule has 14 heavy (non-hydrogen) atoms. The summed E-state index contributed by atoms with van der Waals surface area (Å²) in [5.74, 6) is 0. The third-order valence-electron chi connectivity index (χ3n) is 2.22. The van der Waals surface area contributed by atoms with Crippen molar-refractivity contribution in [2.45, 2.75) is 24.8 Å². The van der Waals surface area contributed by atoms with Crippen LogP contribution in [0.1, 0.15) is 19.8 Å². The standard InChI is InChI=1S/2C5H5.C2H5O.Fe/c2*1-2-4-5-3-1;1-2-3;/h2*1-3H,4H2;2-3H,1H3;. The van der Waals surface area contributed by atoms with Gasteiger partial charge in [-0.25, -0.2) is 0 Å². The van der Waals surface area contributed by atoms with Gasteiger partial charge in [0, 0.05) is 0 Å². The molecule has 2 aliphatic rings. The number of rotatable bonds is 3. The zero-order valence-electron chi connectivity index (χ0n) is 8.26. The number of aliphatic hydroxyl groups excluding tert-OH is 1. The van der Waals surface area contributed by atoms with Gasteiger partial charge in [0.2, 0.25) is 0 Å². The number of aliphatic hydroxyl groups is 1. The van der Waals surface area contributed by atoms with Gasteiger partial charge in [0.05, 0.1) is 0 Å². The van der Waals surface area contributed by atoms with E-state index in [1.165, 1.54) is 8.94 Å². The second kappa shape index (κ2) is 4.31. The van der Waals surface area contributed by atoms with Gasteiger partial charge in [0.25, 0.3) is 0 Å². The fourth-order valence-electron chi connectivity index (χ4n) is 1.64. The minimum absolute atomic E-state index is 0.202. The summed E-state index contributed by atoms with van der Waals surface area (Å²) in [5.41, 5.74) is 0. The van der Waals surface area contributed by atoms with Crippen molar-refractivity contribution in [2.75, 3.05) is 0 Å². The van der Waals surface area contributed by atoms with E-state index in [0.717, 1.165) is 12.8 Å². The summed E-state index contributed by atoms with van der Waals surface area (Å²) < 4.78 is 2.85. The van der Waals surface area contributed by atoms with E-state index in [1.807, 2.05) is 6.92 Å². The monoisotopic (exact) mass is 231 g/mol. The van der Waals surface area contributed by atoms with E-state index in [1.54, 1.807) is 0 Å². The van der Waals surface area contributed by atoms with Crippen molar-refractivity contribution in [1.29, 1.82) is 0 Å². The predicted octanol–water partition coefficient (Wildman–Crippen LogP) is 2.63. The molecule has 1 nitrogen and oxygen atoms in total. The van der Waals surface area contributed by atoms with Crippen LogP contribution in [0.5, 0.6) is 0 Å². The van der Waals surface area contributed by atoms with Gasteiger partial charge in [-0.15, -0.1) is 0 Å². The van der Waals surface area contributed by atoms with Crippen LogP contribution in [0.15, 0.2) is 45.4 Å². The fourth-order valence-corrected chi connectivity index (χ4v) is 4.63. The van der Waals surface area contributed by atoms with Crippen LogP contribution in [-0.2, 0) is 13.9 Å². The first kappa shape index (κ1) is 9.97. The molecule has 0 fully saturated rings. The Balaban J connectivity index is 2.16. The third-order valence-corrected chi connectivity index (χ3v) is 5.49. The van der Waals surface area contributed by atoms with Crippen LogP contribution in [0.4, 0.5) is 0 Å². The molecule has 0 aromatic carbocycles. The Bertz CT molecular complexity index is 304. The zero-order chi connectivity index (χ0) is 9.97. The van der Waals surface area contributed by atoms with E-state index >= 15 is 0 Å². The van der Waals surface area contributed by atoms with Gasteiger partial charge >= 0.3 is 89.2 Å². The molecule has 0 saturated heterocycles. The zero-order valence-corrected chi connectivity index (χ0v) is 9.36. The first-order valence-corrected chi connectivity index (χ1v) is 6.57. The summed E-state index contributed by atoms with van der Waals surface area (Å²) in [6.07, 6.45) is 14.9. The summed E-state index contributed by atoms with van der Waals surface area (Å²) in [7, 11) is 0. The molecule has 0 aromatic rings. The summed E-state index contributed by atoms with van der Waals surface area (Å²) >= 11 is -0.667. The van der Waals surface area contributed by atoms with Gasteiger partial charge in [-0.2, -0.15) is 0 Å². The molecular weight excluding hydrogens is 216 g/mol. The molecule has 2 rings (SSSR count). The van der Waals surface area contributed by atoms with Crippen LogP contribution in [0.25, 0.3) is 0 Å². The van der Waals surface area contributed by atoms with Crippen molar-refractivity contribution >= 4 is 0 Å². The molecule has 0 amide bonds. The third kappa shape index (κ3) is 1.93. The van der Waals surface area contributed by atoms with Gasteiger partial charge in [-0.3, -0.25) is 0 Å². The van der Waals surface area contributed by atoms with Crippen molar-refractivity contribution in [1.82, 2.24) is 0 Å².